The Balaban J connectivity index is 2.80. The minimum atomic E-state index is 0.0778. The molecule has 0 aliphatic rings. The largest absolute Gasteiger partial charge is 0.396 e. The first kappa shape index (κ1) is 14.0. The van der Waals surface area contributed by atoms with E-state index in [9.17, 15) is 0 Å². The Morgan fingerprint density at radius 2 is 1.76 bits per heavy atom. The van der Waals surface area contributed by atoms with E-state index in [-0.39, 0.29) is 12.6 Å². The van der Waals surface area contributed by atoms with Crippen molar-refractivity contribution < 1.29 is 5.11 Å². The summed E-state index contributed by atoms with van der Waals surface area (Å²) < 4.78 is 0. The number of aliphatic hydroxyl groups is 1. The summed E-state index contributed by atoms with van der Waals surface area (Å²) in [5, 5.41) is 8.92. The highest BCUT2D eigenvalue weighted by molar-refractivity contribution is 5.48. The summed E-state index contributed by atoms with van der Waals surface area (Å²) in [6, 6.07) is 8.88. The SMILES string of the molecule is CC(C)N(CCCO)c1ccc([C@@H](C)N)cc1. The Kier molecular flexibility index (Phi) is 5.45. The molecule has 1 atom stereocenters. The molecule has 96 valence electrons. The molecule has 0 unspecified atom stereocenters. The molecule has 3 heteroatoms. The minimum absolute atomic E-state index is 0.0778. The van der Waals surface area contributed by atoms with Crippen molar-refractivity contribution >= 4 is 5.69 Å². The van der Waals surface area contributed by atoms with Crippen molar-refractivity contribution in [2.45, 2.75) is 39.3 Å². The van der Waals surface area contributed by atoms with Crippen molar-refractivity contribution in [1.29, 1.82) is 0 Å². The molecule has 1 rings (SSSR count). The second-order valence-corrected chi connectivity index (χ2v) is 4.74. The molecule has 0 heterocycles. The van der Waals surface area contributed by atoms with Crippen LogP contribution in [0.25, 0.3) is 0 Å². The number of rotatable bonds is 6. The lowest BCUT2D eigenvalue weighted by Crippen LogP contribution is -2.32. The number of hydrogen-bond donors (Lipinski definition) is 2. The lowest BCUT2D eigenvalue weighted by Gasteiger charge is -2.29. The van der Waals surface area contributed by atoms with Gasteiger partial charge in [-0.1, -0.05) is 12.1 Å². The molecule has 0 aliphatic heterocycles. The van der Waals surface area contributed by atoms with Crippen LogP contribution in [0.5, 0.6) is 0 Å². The van der Waals surface area contributed by atoms with E-state index < -0.39 is 0 Å². The number of aliphatic hydroxyl groups excluding tert-OH is 1. The van der Waals surface area contributed by atoms with E-state index in [1.165, 1.54) is 5.69 Å². The first-order valence-corrected chi connectivity index (χ1v) is 6.29. The molecular weight excluding hydrogens is 212 g/mol. The minimum Gasteiger partial charge on any atom is -0.396 e. The Hall–Kier alpha value is -1.06. The number of anilines is 1. The first-order valence-electron chi connectivity index (χ1n) is 6.29. The maximum Gasteiger partial charge on any atom is 0.0447 e. The predicted molar refractivity (Wildman–Crippen MR) is 73.2 cm³/mol. The van der Waals surface area contributed by atoms with Gasteiger partial charge in [0.1, 0.15) is 0 Å². The van der Waals surface area contributed by atoms with Crippen LogP contribution in [0.2, 0.25) is 0 Å². The van der Waals surface area contributed by atoms with E-state index in [1.54, 1.807) is 0 Å². The van der Waals surface area contributed by atoms with Crippen LogP contribution < -0.4 is 10.6 Å². The lowest BCUT2D eigenvalue weighted by molar-refractivity contribution is 0.288. The molecule has 0 radical (unpaired) electrons. The number of hydrogen-bond acceptors (Lipinski definition) is 3. The normalized spacial score (nSPS) is 12.8. The van der Waals surface area contributed by atoms with Gasteiger partial charge in [-0.05, 0) is 44.9 Å². The standard InChI is InChI=1S/C14H24N2O/c1-11(2)16(9-4-10-17)14-7-5-13(6-8-14)12(3)15/h5-8,11-12,17H,4,9-10,15H2,1-3H3/t12-/m1/s1. The van der Waals surface area contributed by atoms with Gasteiger partial charge < -0.3 is 15.7 Å². The van der Waals surface area contributed by atoms with Gasteiger partial charge in [0.25, 0.3) is 0 Å². The summed E-state index contributed by atoms with van der Waals surface area (Å²) in [6.07, 6.45) is 0.799. The highest BCUT2D eigenvalue weighted by Crippen LogP contribution is 2.20. The maximum atomic E-state index is 8.92. The Morgan fingerprint density at radius 3 is 2.18 bits per heavy atom. The zero-order valence-electron chi connectivity index (χ0n) is 11.1. The molecule has 0 amide bonds. The van der Waals surface area contributed by atoms with Crippen molar-refractivity contribution in [2.75, 3.05) is 18.1 Å². The summed E-state index contributed by atoms with van der Waals surface area (Å²) >= 11 is 0. The van der Waals surface area contributed by atoms with Crippen molar-refractivity contribution in [3.05, 3.63) is 29.8 Å². The molecule has 0 spiro atoms. The first-order chi connectivity index (χ1) is 8.06. The molecular formula is C14H24N2O. The summed E-state index contributed by atoms with van der Waals surface area (Å²) in [5.41, 5.74) is 8.18. The third-order valence-electron chi connectivity index (χ3n) is 2.93. The van der Waals surface area contributed by atoms with Crippen LogP contribution in [0.1, 0.15) is 38.8 Å². The van der Waals surface area contributed by atoms with E-state index in [2.05, 4.69) is 43.0 Å². The van der Waals surface area contributed by atoms with Crippen molar-refractivity contribution in [3.63, 3.8) is 0 Å². The monoisotopic (exact) mass is 236 g/mol. The smallest absolute Gasteiger partial charge is 0.0447 e. The van der Waals surface area contributed by atoms with Gasteiger partial charge in [0.05, 0.1) is 0 Å². The van der Waals surface area contributed by atoms with Crippen LogP contribution in [-0.2, 0) is 0 Å². The molecule has 0 saturated heterocycles. The van der Waals surface area contributed by atoms with E-state index in [4.69, 9.17) is 10.8 Å². The van der Waals surface area contributed by atoms with Gasteiger partial charge in [0.2, 0.25) is 0 Å². The lowest BCUT2D eigenvalue weighted by atomic mass is 10.1. The van der Waals surface area contributed by atoms with E-state index in [0.29, 0.717) is 6.04 Å². The molecule has 0 bridgehead atoms. The van der Waals surface area contributed by atoms with Crippen LogP contribution in [0, 0.1) is 0 Å². The molecule has 1 aromatic rings. The molecule has 0 aromatic heterocycles. The summed E-state index contributed by atoms with van der Waals surface area (Å²) in [4.78, 5) is 2.29. The fourth-order valence-corrected chi connectivity index (χ4v) is 1.90. The van der Waals surface area contributed by atoms with Crippen LogP contribution in [-0.4, -0.2) is 24.3 Å². The fraction of sp³-hybridized carbons (Fsp3) is 0.571. The van der Waals surface area contributed by atoms with Gasteiger partial charge in [-0.25, -0.2) is 0 Å². The molecule has 1 aromatic carbocycles. The number of nitrogens with two attached hydrogens (primary N) is 1. The second kappa shape index (κ2) is 6.62. The molecule has 0 saturated carbocycles. The Bertz CT molecular complexity index is 319. The van der Waals surface area contributed by atoms with Crippen LogP contribution >= 0.6 is 0 Å². The topological polar surface area (TPSA) is 49.5 Å². The summed E-state index contributed by atoms with van der Waals surface area (Å²) in [7, 11) is 0. The predicted octanol–water partition coefficient (Wildman–Crippen LogP) is 2.30. The van der Waals surface area contributed by atoms with Gasteiger partial charge >= 0.3 is 0 Å². The van der Waals surface area contributed by atoms with Gasteiger partial charge in [-0.3, -0.25) is 0 Å². The summed E-state index contributed by atoms with van der Waals surface area (Å²) in [6.45, 7) is 7.43. The quantitative estimate of drug-likeness (QED) is 0.797. The van der Waals surface area contributed by atoms with Gasteiger partial charge in [0, 0.05) is 30.9 Å². The average Bonchev–Trinajstić information content (AvgIpc) is 2.29. The molecule has 3 nitrogen and oxygen atoms in total. The van der Waals surface area contributed by atoms with Gasteiger partial charge in [-0.2, -0.15) is 0 Å². The molecule has 0 fully saturated rings. The Labute approximate surface area is 104 Å². The van der Waals surface area contributed by atoms with E-state index >= 15 is 0 Å². The van der Waals surface area contributed by atoms with Crippen LogP contribution in [0.3, 0.4) is 0 Å². The number of benzene rings is 1. The molecule has 17 heavy (non-hydrogen) atoms. The fourth-order valence-electron chi connectivity index (χ4n) is 1.90. The van der Waals surface area contributed by atoms with Crippen molar-refractivity contribution in [3.8, 4) is 0 Å². The van der Waals surface area contributed by atoms with E-state index in [1.807, 2.05) is 6.92 Å². The maximum absolute atomic E-state index is 8.92. The zero-order valence-corrected chi connectivity index (χ0v) is 11.1. The highest BCUT2D eigenvalue weighted by Gasteiger charge is 2.10. The average molecular weight is 236 g/mol. The second-order valence-electron chi connectivity index (χ2n) is 4.74. The third-order valence-corrected chi connectivity index (χ3v) is 2.93. The molecule has 0 aliphatic carbocycles. The van der Waals surface area contributed by atoms with E-state index in [0.717, 1.165) is 18.5 Å². The third kappa shape index (κ3) is 4.02. The zero-order chi connectivity index (χ0) is 12.8. The van der Waals surface area contributed by atoms with Crippen molar-refractivity contribution in [2.24, 2.45) is 5.73 Å². The van der Waals surface area contributed by atoms with Crippen LogP contribution in [0.15, 0.2) is 24.3 Å². The highest BCUT2D eigenvalue weighted by atomic mass is 16.3. The Morgan fingerprint density at radius 1 is 1.18 bits per heavy atom. The van der Waals surface area contributed by atoms with Crippen LogP contribution in [0.4, 0.5) is 5.69 Å². The summed E-state index contributed by atoms with van der Waals surface area (Å²) in [5.74, 6) is 0. The number of nitrogens with zero attached hydrogens (tertiary/aromatic N) is 1. The van der Waals surface area contributed by atoms with Gasteiger partial charge in [0.15, 0.2) is 0 Å². The van der Waals surface area contributed by atoms with Gasteiger partial charge in [-0.15, -0.1) is 0 Å². The molecule has 3 N–H and O–H groups in total. The van der Waals surface area contributed by atoms with Crippen molar-refractivity contribution in [1.82, 2.24) is 0 Å².